The zero-order valence-electron chi connectivity index (χ0n) is 8.93. The second kappa shape index (κ2) is 6.02. The molecule has 1 aromatic heterocycles. The minimum Gasteiger partial charge on any atom is -0.356 e. The Balaban J connectivity index is 2.61. The Labute approximate surface area is 97.8 Å². The molecule has 15 heavy (non-hydrogen) atoms. The highest BCUT2D eigenvalue weighted by molar-refractivity contribution is 9.10. The largest absolute Gasteiger partial charge is 0.356 e. The highest BCUT2D eigenvalue weighted by Gasteiger charge is 2.08. The lowest BCUT2D eigenvalue weighted by atomic mass is 10.4. The van der Waals surface area contributed by atoms with E-state index >= 15 is 0 Å². The first-order valence-electron chi connectivity index (χ1n) is 4.88. The number of nitrogens with zero attached hydrogens (tertiary/aromatic N) is 2. The third-order valence-electron chi connectivity index (χ3n) is 2.02. The molecule has 0 unspecified atom stereocenters. The van der Waals surface area contributed by atoms with Crippen molar-refractivity contribution in [3.63, 3.8) is 0 Å². The summed E-state index contributed by atoms with van der Waals surface area (Å²) in [6.45, 7) is 4.52. The highest BCUT2D eigenvalue weighted by atomic mass is 79.9. The van der Waals surface area contributed by atoms with Gasteiger partial charge in [-0.25, -0.2) is 9.37 Å². The first-order valence-corrected chi connectivity index (χ1v) is 5.67. The lowest BCUT2D eigenvalue weighted by Gasteiger charge is -2.18. The highest BCUT2D eigenvalue weighted by Crippen LogP contribution is 2.18. The summed E-state index contributed by atoms with van der Waals surface area (Å²) in [7, 11) is 1.83. The van der Waals surface area contributed by atoms with Gasteiger partial charge in [-0.2, -0.15) is 0 Å². The predicted molar refractivity (Wildman–Crippen MR) is 63.7 cm³/mol. The van der Waals surface area contributed by atoms with Crippen LogP contribution in [0.2, 0.25) is 0 Å². The van der Waals surface area contributed by atoms with Crippen LogP contribution in [-0.4, -0.2) is 31.7 Å². The van der Waals surface area contributed by atoms with Gasteiger partial charge >= 0.3 is 0 Å². The van der Waals surface area contributed by atoms with Crippen LogP contribution in [-0.2, 0) is 0 Å². The molecular weight excluding hydrogens is 261 g/mol. The molecule has 1 heterocycles. The van der Waals surface area contributed by atoms with Crippen molar-refractivity contribution in [2.24, 2.45) is 0 Å². The number of pyridine rings is 1. The second-order valence-electron chi connectivity index (χ2n) is 3.23. The smallest absolute Gasteiger partial charge is 0.166 e. The zero-order valence-corrected chi connectivity index (χ0v) is 10.5. The van der Waals surface area contributed by atoms with Crippen LogP contribution in [0.1, 0.15) is 6.92 Å². The molecule has 0 aliphatic carbocycles. The van der Waals surface area contributed by atoms with Crippen LogP contribution >= 0.6 is 15.9 Å². The van der Waals surface area contributed by atoms with Gasteiger partial charge in [-0.3, -0.25) is 0 Å². The SMILES string of the molecule is CCNCCN(C)c1ncc(Br)cc1F. The lowest BCUT2D eigenvalue weighted by molar-refractivity contribution is 0.609. The summed E-state index contributed by atoms with van der Waals surface area (Å²) in [5, 5.41) is 3.18. The van der Waals surface area contributed by atoms with Crippen LogP contribution in [0.15, 0.2) is 16.7 Å². The number of likely N-dealkylation sites (N-methyl/N-ethyl adjacent to an activating group) is 2. The minimum absolute atomic E-state index is 0.302. The van der Waals surface area contributed by atoms with Gasteiger partial charge in [0.05, 0.1) is 0 Å². The topological polar surface area (TPSA) is 28.2 Å². The molecule has 0 fully saturated rings. The van der Waals surface area contributed by atoms with Crippen LogP contribution in [0.4, 0.5) is 10.2 Å². The van der Waals surface area contributed by atoms with E-state index in [9.17, 15) is 4.39 Å². The average molecular weight is 276 g/mol. The molecule has 0 aliphatic rings. The van der Waals surface area contributed by atoms with Crippen molar-refractivity contribution in [2.45, 2.75) is 6.92 Å². The molecule has 3 nitrogen and oxygen atoms in total. The Bertz CT molecular complexity index is 320. The van der Waals surface area contributed by atoms with Gasteiger partial charge in [0.25, 0.3) is 0 Å². The molecule has 84 valence electrons. The summed E-state index contributed by atoms with van der Waals surface area (Å²) in [5.74, 6) is 0.0828. The summed E-state index contributed by atoms with van der Waals surface area (Å²) in [6.07, 6.45) is 1.60. The molecular formula is C10H15BrFN3. The molecule has 0 radical (unpaired) electrons. The maximum Gasteiger partial charge on any atom is 0.166 e. The molecule has 0 aromatic carbocycles. The third kappa shape index (κ3) is 3.76. The van der Waals surface area contributed by atoms with Crippen molar-refractivity contribution >= 4 is 21.7 Å². The Morgan fingerprint density at radius 2 is 2.33 bits per heavy atom. The molecule has 0 saturated carbocycles. The van der Waals surface area contributed by atoms with Crippen molar-refractivity contribution in [3.8, 4) is 0 Å². The van der Waals surface area contributed by atoms with Crippen molar-refractivity contribution in [1.82, 2.24) is 10.3 Å². The summed E-state index contributed by atoms with van der Waals surface area (Å²) >= 11 is 3.18. The van der Waals surface area contributed by atoms with Crippen LogP contribution < -0.4 is 10.2 Å². The monoisotopic (exact) mass is 275 g/mol. The quantitative estimate of drug-likeness (QED) is 0.834. The van der Waals surface area contributed by atoms with Gasteiger partial charge in [-0.1, -0.05) is 6.92 Å². The Morgan fingerprint density at radius 1 is 1.60 bits per heavy atom. The number of nitrogens with one attached hydrogen (secondary N) is 1. The van der Waals surface area contributed by atoms with E-state index < -0.39 is 0 Å². The minimum atomic E-state index is -0.302. The predicted octanol–water partition coefficient (Wildman–Crippen LogP) is 2.03. The maximum absolute atomic E-state index is 13.5. The van der Waals surface area contributed by atoms with Gasteiger partial charge < -0.3 is 10.2 Å². The average Bonchev–Trinajstić information content (AvgIpc) is 2.17. The fraction of sp³-hybridized carbons (Fsp3) is 0.500. The van der Waals surface area contributed by atoms with Crippen molar-refractivity contribution in [1.29, 1.82) is 0 Å². The number of hydrogen-bond acceptors (Lipinski definition) is 3. The fourth-order valence-electron chi connectivity index (χ4n) is 1.22. The molecule has 0 spiro atoms. The van der Waals surface area contributed by atoms with Crippen molar-refractivity contribution in [2.75, 3.05) is 31.6 Å². The normalized spacial score (nSPS) is 10.4. The van der Waals surface area contributed by atoms with Gasteiger partial charge in [-0.15, -0.1) is 0 Å². The van der Waals surface area contributed by atoms with E-state index in [1.54, 1.807) is 11.1 Å². The molecule has 0 amide bonds. The summed E-state index contributed by atoms with van der Waals surface area (Å²) in [5.41, 5.74) is 0. The Morgan fingerprint density at radius 3 is 2.93 bits per heavy atom. The van der Waals surface area contributed by atoms with E-state index in [4.69, 9.17) is 0 Å². The first kappa shape index (κ1) is 12.4. The summed E-state index contributed by atoms with van der Waals surface area (Å²) in [6, 6.07) is 1.42. The molecule has 0 aliphatic heterocycles. The molecule has 1 N–H and O–H groups in total. The van der Waals surface area contributed by atoms with Crippen LogP contribution in [0, 0.1) is 5.82 Å². The number of anilines is 1. The number of aromatic nitrogens is 1. The zero-order chi connectivity index (χ0) is 11.3. The molecule has 0 bridgehead atoms. The molecule has 1 aromatic rings. The molecule has 1 rings (SSSR count). The van der Waals surface area contributed by atoms with E-state index in [1.807, 2.05) is 14.0 Å². The number of halogens is 2. The second-order valence-corrected chi connectivity index (χ2v) is 4.15. The van der Waals surface area contributed by atoms with E-state index in [0.29, 0.717) is 10.3 Å². The van der Waals surface area contributed by atoms with E-state index in [2.05, 4.69) is 26.2 Å². The fourth-order valence-corrected chi connectivity index (χ4v) is 1.52. The maximum atomic E-state index is 13.5. The van der Waals surface area contributed by atoms with Crippen LogP contribution in [0.3, 0.4) is 0 Å². The number of rotatable bonds is 5. The summed E-state index contributed by atoms with van der Waals surface area (Å²) < 4.78 is 14.1. The van der Waals surface area contributed by atoms with Gasteiger partial charge in [0.1, 0.15) is 0 Å². The van der Waals surface area contributed by atoms with Crippen LogP contribution in [0.5, 0.6) is 0 Å². The van der Waals surface area contributed by atoms with Crippen molar-refractivity contribution < 1.29 is 4.39 Å². The van der Waals surface area contributed by atoms with Gasteiger partial charge in [0.2, 0.25) is 0 Å². The molecule has 5 heteroatoms. The lowest BCUT2D eigenvalue weighted by Crippen LogP contribution is -2.30. The Kier molecular flexibility index (Phi) is 4.98. The summed E-state index contributed by atoms with van der Waals surface area (Å²) in [4.78, 5) is 5.83. The van der Waals surface area contributed by atoms with E-state index in [-0.39, 0.29) is 5.82 Å². The van der Waals surface area contributed by atoms with Gasteiger partial charge in [-0.05, 0) is 28.5 Å². The van der Waals surface area contributed by atoms with Gasteiger partial charge in [0, 0.05) is 30.8 Å². The van der Waals surface area contributed by atoms with E-state index in [0.717, 1.165) is 19.6 Å². The third-order valence-corrected chi connectivity index (χ3v) is 2.46. The molecule has 0 atom stereocenters. The number of hydrogen-bond donors (Lipinski definition) is 1. The Hall–Kier alpha value is -0.680. The van der Waals surface area contributed by atoms with E-state index in [1.165, 1.54) is 6.07 Å². The molecule has 0 saturated heterocycles. The van der Waals surface area contributed by atoms with Crippen LogP contribution in [0.25, 0.3) is 0 Å². The van der Waals surface area contributed by atoms with Gasteiger partial charge in [0.15, 0.2) is 11.6 Å². The first-order chi connectivity index (χ1) is 7.15. The van der Waals surface area contributed by atoms with Crippen molar-refractivity contribution in [3.05, 3.63) is 22.6 Å². The standard InChI is InChI=1S/C10H15BrFN3/c1-3-13-4-5-15(2)10-9(12)6-8(11)7-14-10/h6-7,13H,3-5H2,1-2H3.